The summed E-state index contributed by atoms with van der Waals surface area (Å²) in [6, 6.07) is 8.62. The molecule has 0 aliphatic carbocycles. The highest BCUT2D eigenvalue weighted by molar-refractivity contribution is 9.10. The minimum atomic E-state index is 0.450. The van der Waals surface area contributed by atoms with Crippen molar-refractivity contribution in [1.82, 2.24) is 0 Å². The van der Waals surface area contributed by atoms with Crippen molar-refractivity contribution in [2.75, 3.05) is 11.4 Å². The second-order valence-electron chi connectivity index (χ2n) is 3.79. The van der Waals surface area contributed by atoms with Crippen LogP contribution in [0.4, 0.5) is 5.69 Å². The summed E-state index contributed by atoms with van der Waals surface area (Å²) < 4.78 is 0.870. The van der Waals surface area contributed by atoms with Crippen LogP contribution < -0.4 is 4.90 Å². The van der Waals surface area contributed by atoms with Crippen LogP contribution in [0, 0.1) is 11.3 Å². The molecule has 1 aromatic carbocycles. The molecule has 0 radical (unpaired) electrons. The van der Waals surface area contributed by atoms with E-state index in [9.17, 15) is 5.26 Å². The highest BCUT2D eigenvalue weighted by Gasteiger charge is 2.16. The fourth-order valence-electron chi connectivity index (χ4n) is 1.80. The molecule has 1 aromatic rings. The Kier molecular flexibility index (Phi) is 4.82. The second-order valence-corrected chi connectivity index (χ2v) is 4.64. The third-order valence-corrected chi connectivity index (χ3v) is 3.54. The maximum absolute atomic E-state index is 9.19. The van der Waals surface area contributed by atoms with Gasteiger partial charge in [0.2, 0.25) is 0 Å². The molecule has 0 saturated carbocycles. The Bertz CT molecular complexity index is 395. The van der Waals surface area contributed by atoms with Crippen LogP contribution in [0.3, 0.4) is 0 Å². The zero-order valence-electron chi connectivity index (χ0n) is 10.00. The first-order chi connectivity index (χ1) is 7.65. The van der Waals surface area contributed by atoms with Crippen LogP contribution in [-0.2, 0) is 0 Å². The minimum Gasteiger partial charge on any atom is -0.368 e. The SMILES string of the molecule is CCC(C)N(CC)c1cccc(Br)c1C#N. The Balaban J connectivity index is 3.20. The van der Waals surface area contributed by atoms with Crippen LogP contribution in [0.1, 0.15) is 32.8 Å². The standard InChI is InChI=1S/C13H17BrN2/c1-4-10(3)16(5-2)13-8-6-7-12(14)11(13)9-15/h6-8,10H,4-5H2,1-3H3. The van der Waals surface area contributed by atoms with Crippen molar-refractivity contribution in [2.45, 2.75) is 33.2 Å². The van der Waals surface area contributed by atoms with Crippen molar-refractivity contribution in [3.8, 4) is 6.07 Å². The first-order valence-electron chi connectivity index (χ1n) is 5.60. The normalized spacial score (nSPS) is 11.9. The zero-order chi connectivity index (χ0) is 12.1. The molecule has 1 rings (SSSR count). The van der Waals surface area contributed by atoms with E-state index in [1.54, 1.807) is 0 Å². The number of benzene rings is 1. The average Bonchev–Trinajstić information content (AvgIpc) is 2.30. The molecule has 86 valence electrons. The molecular formula is C13H17BrN2. The van der Waals surface area contributed by atoms with Gasteiger partial charge in [0.25, 0.3) is 0 Å². The Morgan fingerprint density at radius 3 is 2.62 bits per heavy atom. The molecule has 3 heteroatoms. The van der Waals surface area contributed by atoms with Gasteiger partial charge in [0, 0.05) is 17.1 Å². The monoisotopic (exact) mass is 280 g/mol. The predicted molar refractivity (Wildman–Crippen MR) is 71.6 cm³/mol. The van der Waals surface area contributed by atoms with Gasteiger partial charge in [0.05, 0.1) is 11.3 Å². The molecule has 1 atom stereocenters. The lowest BCUT2D eigenvalue weighted by molar-refractivity contribution is 0.629. The van der Waals surface area contributed by atoms with Crippen LogP contribution in [0.25, 0.3) is 0 Å². The Morgan fingerprint density at radius 1 is 1.44 bits per heavy atom. The van der Waals surface area contributed by atoms with Gasteiger partial charge in [-0.25, -0.2) is 0 Å². The van der Waals surface area contributed by atoms with Gasteiger partial charge in [-0.15, -0.1) is 0 Å². The molecule has 0 aliphatic heterocycles. The maximum Gasteiger partial charge on any atom is 0.103 e. The summed E-state index contributed by atoms with van der Waals surface area (Å²) in [4.78, 5) is 2.27. The van der Waals surface area contributed by atoms with Crippen molar-refractivity contribution in [2.24, 2.45) is 0 Å². The lowest BCUT2D eigenvalue weighted by Gasteiger charge is -2.30. The second kappa shape index (κ2) is 5.91. The van der Waals surface area contributed by atoms with E-state index in [-0.39, 0.29) is 0 Å². The van der Waals surface area contributed by atoms with E-state index in [0.29, 0.717) is 6.04 Å². The van der Waals surface area contributed by atoms with Crippen LogP contribution in [-0.4, -0.2) is 12.6 Å². The van der Waals surface area contributed by atoms with Crippen molar-refractivity contribution < 1.29 is 0 Å². The van der Waals surface area contributed by atoms with Crippen molar-refractivity contribution in [3.05, 3.63) is 28.2 Å². The summed E-state index contributed by atoms with van der Waals surface area (Å²) in [5.41, 5.74) is 1.75. The molecule has 1 unspecified atom stereocenters. The third-order valence-electron chi connectivity index (χ3n) is 2.88. The summed E-state index contributed by atoms with van der Waals surface area (Å²) in [6.45, 7) is 7.39. The number of anilines is 1. The van der Waals surface area contributed by atoms with Gasteiger partial charge in [0.1, 0.15) is 6.07 Å². The lowest BCUT2D eigenvalue weighted by atomic mass is 10.1. The molecule has 16 heavy (non-hydrogen) atoms. The Morgan fingerprint density at radius 2 is 2.12 bits per heavy atom. The lowest BCUT2D eigenvalue weighted by Crippen LogP contribution is -2.32. The van der Waals surface area contributed by atoms with Crippen molar-refractivity contribution >= 4 is 21.6 Å². The van der Waals surface area contributed by atoms with Crippen LogP contribution >= 0.6 is 15.9 Å². The van der Waals surface area contributed by atoms with E-state index in [2.05, 4.69) is 47.7 Å². The number of nitriles is 1. The van der Waals surface area contributed by atoms with E-state index >= 15 is 0 Å². The molecule has 0 aromatic heterocycles. The summed E-state index contributed by atoms with van der Waals surface area (Å²) >= 11 is 3.43. The largest absolute Gasteiger partial charge is 0.368 e. The van der Waals surface area contributed by atoms with Gasteiger partial charge in [-0.05, 0) is 48.3 Å². The van der Waals surface area contributed by atoms with Gasteiger partial charge in [-0.3, -0.25) is 0 Å². The first kappa shape index (κ1) is 13.1. The molecule has 0 heterocycles. The maximum atomic E-state index is 9.19. The highest BCUT2D eigenvalue weighted by Crippen LogP contribution is 2.28. The molecule has 0 amide bonds. The van der Waals surface area contributed by atoms with Gasteiger partial charge in [-0.2, -0.15) is 5.26 Å². The molecule has 0 N–H and O–H groups in total. The van der Waals surface area contributed by atoms with E-state index in [1.807, 2.05) is 18.2 Å². The van der Waals surface area contributed by atoms with Gasteiger partial charge < -0.3 is 4.90 Å². The summed E-state index contributed by atoms with van der Waals surface area (Å²) in [7, 11) is 0. The van der Waals surface area contributed by atoms with Crippen LogP contribution in [0.15, 0.2) is 22.7 Å². The molecule has 2 nitrogen and oxygen atoms in total. The molecule has 0 saturated heterocycles. The fraction of sp³-hybridized carbons (Fsp3) is 0.462. The number of rotatable bonds is 4. The number of hydrogen-bond acceptors (Lipinski definition) is 2. The van der Waals surface area contributed by atoms with Crippen LogP contribution in [0.5, 0.6) is 0 Å². The van der Waals surface area contributed by atoms with Gasteiger partial charge in [-0.1, -0.05) is 13.0 Å². The smallest absolute Gasteiger partial charge is 0.103 e. The fourth-order valence-corrected chi connectivity index (χ4v) is 2.25. The molecular weight excluding hydrogens is 264 g/mol. The number of halogens is 1. The zero-order valence-corrected chi connectivity index (χ0v) is 11.6. The molecule has 0 bridgehead atoms. The van der Waals surface area contributed by atoms with Crippen molar-refractivity contribution in [1.29, 1.82) is 5.26 Å². The molecule has 0 aliphatic rings. The predicted octanol–water partition coefficient (Wildman–Crippen LogP) is 3.95. The average molecular weight is 281 g/mol. The quantitative estimate of drug-likeness (QED) is 0.835. The minimum absolute atomic E-state index is 0.450. The molecule has 0 spiro atoms. The summed E-state index contributed by atoms with van der Waals surface area (Å²) in [6.07, 6.45) is 1.07. The topological polar surface area (TPSA) is 27.0 Å². The van der Waals surface area contributed by atoms with Crippen LogP contribution in [0.2, 0.25) is 0 Å². The van der Waals surface area contributed by atoms with Gasteiger partial charge in [0.15, 0.2) is 0 Å². The van der Waals surface area contributed by atoms with E-state index in [4.69, 9.17) is 0 Å². The first-order valence-corrected chi connectivity index (χ1v) is 6.40. The Labute approximate surface area is 106 Å². The van der Waals surface area contributed by atoms with Crippen molar-refractivity contribution in [3.63, 3.8) is 0 Å². The highest BCUT2D eigenvalue weighted by atomic mass is 79.9. The number of hydrogen-bond donors (Lipinski definition) is 0. The third kappa shape index (κ3) is 2.56. The van der Waals surface area contributed by atoms with E-state index in [0.717, 1.165) is 28.7 Å². The van der Waals surface area contributed by atoms with E-state index in [1.165, 1.54) is 0 Å². The summed E-state index contributed by atoms with van der Waals surface area (Å²) in [5.74, 6) is 0. The molecule has 0 fully saturated rings. The van der Waals surface area contributed by atoms with E-state index < -0.39 is 0 Å². The Hall–Kier alpha value is -1.01. The summed E-state index contributed by atoms with van der Waals surface area (Å²) in [5, 5.41) is 9.19. The van der Waals surface area contributed by atoms with Gasteiger partial charge >= 0.3 is 0 Å². The number of nitrogens with zero attached hydrogens (tertiary/aromatic N) is 2.